The van der Waals surface area contributed by atoms with Crippen molar-refractivity contribution < 1.29 is 4.79 Å². The highest BCUT2D eigenvalue weighted by molar-refractivity contribution is 5.81. The number of nitrogens with one attached hydrogen (secondary N) is 2. The van der Waals surface area contributed by atoms with Gasteiger partial charge in [0, 0.05) is 38.6 Å². The maximum absolute atomic E-state index is 12.3. The molecule has 5 heteroatoms. The van der Waals surface area contributed by atoms with Crippen LogP contribution in [0.25, 0.3) is 0 Å². The zero-order chi connectivity index (χ0) is 17.1. The van der Waals surface area contributed by atoms with E-state index in [0.717, 1.165) is 51.3 Å². The smallest absolute Gasteiger partial charge is 0.224 e. The molecule has 1 unspecified atom stereocenters. The summed E-state index contributed by atoms with van der Waals surface area (Å²) in [5, 5.41) is 6.56. The van der Waals surface area contributed by atoms with E-state index in [9.17, 15) is 4.79 Å². The molecule has 1 aliphatic rings. The topological polar surface area (TPSA) is 56.7 Å². The highest BCUT2D eigenvalue weighted by Gasteiger charge is 2.22. The van der Waals surface area contributed by atoms with Crippen molar-refractivity contribution in [3.8, 4) is 0 Å². The van der Waals surface area contributed by atoms with Crippen LogP contribution in [0.1, 0.15) is 66.2 Å². The van der Waals surface area contributed by atoms with Crippen molar-refractivity contribution >= 4 is 11.9 Å². The number of carbonyl (C=O) groups is 1. The summed E-state index contributed by atoms with van der Waals surface area (Å²) in [6.07, 6.45) is 6.38. The molecule has 1 saturated heterocycles. The fourth-order valence-electron chi connectivity index (χ4n) is 3.01. The van der Waals surface area contributed by atoms with Crippen molar-refractivity contribution in [3.63, 3.8) is 0 Å². The second-order valence-electron chi connectivity index (χ2n) is 6.51. The summed E-state index contributed by atoms with van der Waals surface area (Å²) in [6, 6.07) is 0.396. The molecule has 0 aliphatic carbocycles. The Morgan fingerprint density at radius 1 is 1.22 bits per heavy atom. The molecule has 0 aromatic carbocycles. The maximum atomic E-state index is 12.3. The van der Waals surface area contributed by atoms with E-state index in [1.807, 2.05) is 4.90 Å². The zero-order valence-corrected chi connectivity index (χ0v) is 15.5. The fraction of sp³-hybridized carbons (Fsp3) is 0.889. The van der Waals surface area contributed by atoms with Crippen LogP contribution in [0.15, 0.2) is 4.99 Å². The first-order valence-electron chi connectivity index (χ1n) is 9.43. The van der Waals surface area contributed by atoms with E-state index in [1.165, 1.54) is 6.42 Å². The predicted molar refractivity (Wildman–Crippen MR) is 97.7 cm³/mol. The van der Waals surface area contributed by atoms with Gasteiger partial charge < -0.3 is 15.5 Å². The van der Waals surface area contributed by atoms with E-state index in [-0.39, 0.29) is 5.91 Å². The van der Waals surface area contributed by atoms with Crippen molar-refractivity contribution in [1.29, 1.82) is 0 Å². The first-order valence-corrected chi connectivity index (χ1v) is 9.43. The Hall–Kier alpha value is -1.26. The standard InChI is InChI=1S/C18H36N4O/c1-5-16(6-2)14-21-18(19-7-3)20-12-11-17(23)22-13-9-8-10-15(22)4/h15-16H,5-14H2,1-4H3,(H2,19,20,21). The van der Waals surface area contributed by atoms with Gasteiger partial charge in [-0.25, -0.2) is 0 Å². The SMILES string of the molecule is CCNC(=NCC(CC)CC)NCCC(=O)N1CCCCC1C. The van der Waals surface area contributed by atoms with E-state index in [4.69, 9.17) is 0 Å². The molecule has 1 amide bonds. The quantitative estimate of drug-likeness (QED) is 0.533. The Bertz CT molecular complexity index is 366. The zero-order valence-electron chi connectivity index (χ0n) is 15.5. The third kappa shape index (κ3) is 7.23. The van der Waals surface area contributed by atoms with Crippen molar-refractivity contribution in [1.82, 2.24) is 15.5 Å². The van der Waals surface area contributed by atoms with Gasteiger partial charge in [-0.05, 0) is 39.0 Å². The van der Waals surface area contributed by atoms with Crippen LogP contribution in [-0.2, 0) is 4.79 Å². The molecule has 0 radical (unpaired) electrons. The summed E-state index contributed by atoms with van der Waals surface area (Å²) in [7, 11) is 0. The fourth-order valence-corrected chi connectivity index (χ4v) is 3.01. The van der Waals surface area contributed by atoms with Gasteiger partial charge in [-0.2, -0.15) is 0 Å². The van der Waals surface area contributed by atoms with Crippen molar-refractivity contribution in [2.45, 2.75) is 72.3 Å². The molecule has 1 rings (SSSR count). The molecule has 134 valence electrons. The lowest BCUT2D eigenvalue weighted by atomic mass is 10.0. The van der Waals surface area contributed by atoms with Crippen LogP contribution in [0.5, 0.6) is 0 Å². The number of carbonyl (C=O) groups excluding carboxylic acids is 1. The van der Waals surface area contributed by atoms with Crippen LogP contribution in [0.4, 0.5) is 0 Å². The summed E-state index contributed by atoms with van der Waals surface area (Å²) in [5.74, 6) is 1.74. The largest absolute Gasteiger partial charge is 0.357 e. The van der Waals surface area contributed by atoms with Crippen LogP contribution >= 0.6 is 0 Å². The number of rotatable bonds is 8. The molecule has 1 fully saturated rings. The first-order chi connectivity index (χ1) is 11.1. The molecule has 1 atom stereocenters. The summed E-state index contributed by atoms with van der Waals surface area (Å²) >= 11 is 0. The summed E-state index contributed by atoms with van der Waals surface area (Å²) in [5.41, 5.74) is 0. The van der Waals surface area contributed by atoms with Gasteiger partial charge >= 0.3 is 0 Å². The summed E-state index contributed by atoms with van der Waals surface area (Å²) in [6.45, 7) is 11.9. The monoisotopic (exact) mass is 324 g/mol. The van der Waals surface area contributed by atoms with Crippen molar-refractivity contribution in [3.05, 3.63) is 0 Å². The number of likely N-dealkylation sites (tertiary alicyclic amines) is 1. The minimum Gasteiger partial charge on any atom is -0.357 e. The molecular formula is C18H36N4O. The van der Waals surface area contributed by atoms with Crippen LogP contribution < -0.4 is 10.6 Å². The molecule has 0 aromatic rings. The number of piperidine rings is 1. The third-order valence-electron chi connectivity index (χ3n) is 4.76. The van der Waals surface area contributed by atoms with E-state index in [1.54, 1.807) is 0 Å². The van der Waals surface area contributed by atoms with Gasteiger partial charge in [0.05, 0.1) is 0 Å². The van der Waals surface area contributed by atoms with Crippen LogP contribution in [0, 0.1) is 5.92 Å². The van der Waals surface area contributed by atoms with E-state index < -0.39 is 0 Å². The first kappa shape index (κ1) is 19.8. The van der Waals surface area contributed by atoms with E-state index in [2.05, 4.69) is 43.3 Å². The second-order valence-corrected chi connectivity index (χ2v) is 6.51. The Balaban J connectivity index is 2.39. The Labute approximate surface area is 142 Å². The number of nitrogens with zero attached hydrogens (tertiary/aromatic N) is 2. The average Bonchev–Trinajstić information content (AvgIpc) is 2.56. The molecule has 1 aliphatic heterocycles. The van der Waals surface area contributed by atoms with Crippen LogP contribution in [0.2, 0.25) is 0 Å². The van der Waals surface area contributed by atoms with Gasteiger partial charge in [-0.15, -0.1) is 0 Å². The molecule has 2 N–H and O–H groups in total. The van der Waals surface area contributed by atoms with Gasteiger partial charge in [-0.3, -0.25) is 9.79 Å². The number of guanidine groups is 1. The number of hydrogen-bond donors (Lipinski definition) is 2. The molecule has 0 spiro atoms. The third-order valence-corrected chi connectivity index (χ3v) is 4.76. The van der Waals surface area contributed by atoms with Gasteiger partial charge in [0.15, 0.2) is 5.96 Å². The molecule has 1 heterocycles. The van der Waals surface area contributed by atoms with Gasteiger partial charge in [0.25, 0.3) is 0 Å². The maximum Gasteiger partial charge on any atom is 0.224 e. The van der Waals surface area contributed by atoms with Gasteiger partial charge in [-0.1, -0.05) is 26.7 Å². The average molecular weight is 325 g/mol. The summed E-state index contributed by atoms with van der Waals surface area (Å²) < 4.78 is 0. The molecule has 0 saturated carbocycles. The Morgan fingerprint density at radius 3 is 2.57 bits per heavy atom. The molecule has 5 nitrogen and oxygen atoms in total. The highest BCUT2D eigenvalue weighted by atomic mass is 16.2. The summed E-state index contributed by atoms with van der Waals surface area (Å²) in [4.78, 5) is 19.0. The minimum absolute atomic E-state index is 0.264. The highest BCUT2D eigenvalue weighted by Crippen LogP contribution is 2.16. The van der Waals surface area contributed by atoms with E-state index >= 15 is 0 Å². The molecule has 0 aromatic heterocycles. The molecule has 23 heavy (non-hydrogen) atoms. The molecular weight excluding hydrogens is 288 g/mol. The van der Waals surface area contributed by atoms with Crippen molar-refractivity contribution in [2.75, 3.05) is 26.2 Å². The van der Waals surface area contributed by atoms with Crippen molar-refractivity contribution in [2.24, 2.45) is 10.9 Å². The predicted octanol–water partition coefficient (Wildman–Crippen LogP) is 2.77. The lowest BCUT2D eigenvalue weighted by Crippen LogP contribution is -2.44. The number of aliphatic imine (C=N–C) groups is 1. The van der Waals surface area contributed by atoms with Gasteiger partial charge in [0.1, 0.15) is 0 Å². The lowest BCUT2D eigenvalue weighted by molar-refractivity contribution is -0.134. The minimum atomic E-state index is 0.264. The lowest BCUT2D eigenvalue weighted by Gasteiger charge is -2.33. The number of amides is 1. The Morgan fingerprint density at radius 2 is 1.96 bits per heavy atom. The van der Waals surface area contributed by atoms with Crippen LogP contribution in [-0.4, -0.2) is 49.0 Å². The number of hydrogen-bond acceptors (Lipinski definition) is 2. The van der Waals surface area contributed by atoms with Crippen LogP contribution in [0.3, 0.4) is 0 Å². The molecule has 0 bridgehead atoms. The van der Waals surface area contributed by atoms with E-state index in [0.29, 0.717) is 24.9 Å². The second kappa shape index (κ2) is 11.3. The normalized spacial score (nSPS) is 19.1. The van der Waals surface area contributed by atoms with Gasteiger partial charge in [0.2, 0.25) is 5.91 Å². The Kier molecular flexibility index (Phi) is 9.72.